The van der Waals surface area contributed by atoms with E-state index in [0.717, 1.165) is 42.0 Å². The molecule has 5 heteroatoms. The molecular formula is C19H21FN2O2. The van der Waals surface area contributed by atoms with Crippen molar-refractivity contribution in [3.8, 4) is 5.75 Å². The SMILES string of the molecule is COc1ccccc1CNC(=O)CN1CCCc2cc(F)ccc21. The number of carbonyl (C=O) groups excluding carboxylic acids is 1. The van der Waals surface area contributed by atoms with Crippen molar-refractivity contribution in [2.24, 2.45) is 0 Å². The third kappa shape index (κ3) is 3.67. The lowest BCUT2D eigenvalue weighted by molar-refractivity contribution is -0.119. The van der Waals surface area contributed by atoms with Crippen LogP contribution in [-0.4, -0.2) is 26.1 Å². The lowest BCUT2D eigenvalue weighted by atomic mass is 10.0. The monoisotopic (exact) mass is 328 g/mol. The molecule has 0 aliphatic carbocycles. The predicted molar refractivity (Wildman–Crippen MR) is 91.8 cm³/mol. The van der Waals surface area contributed by atoms with Gasteiger partial charge < -0.3 is 15.0 Å². The Morgan fingerprint density at radius 2 is 2.12 bits per heavy atom. The van der Waals surface area contributed by atoms with Crippen molar-refractivity contribution >= 4 is 11.6 Å². The number of nitrogens with one attached hydrogen (secondary N) is 1. The average Bonchev–Trinajstić information content (AvgIpc) is 2.60. The van der Waals surface area contributed by atoms with Gasteiger partial charge in [-0.3, -0.25) is 4.79 Å². The van der Waals surface area contributed by atoms with Crippen LogP contribution >= 0.6 is 0 Å². The molecule has 0 unspecified atom stereocenters. The first-order valence-electron chi connectivity index (χ1n) is 8.09. The van der Waals surface area contributed by atoms with Crippen LogP contribution in [0.5, 0.6) is 5.75 Å². The molecule has 1 aliphatic rings. The summed E-state index contributed by atoms with van der Waals surface area (Å²) in [6, 6.07) is 12.4. The molecule has 4 nitrogen and oxygen atoms in total. The largest absolute Gasteiger partial charge is 0.496 e. The van der Waals surface area contributed by atoms with Gasteiger partial charge in [-0.1, -0.05) is 18.2 Å². The zero-order valence-corrected chi connectivity index (χ0v) is 13.7. The number of amides is 1. The second-order valence-corrected chi connectivity index (χ2v) is 5.89. The molecule has 1 N–H and O–H groups in total. The fraction of sp³-hybridized carbons (Fsp3) is 0.316. The minimum atomic E-state index is -0.226. The normalized spacial score (nSPS) is 13.3. The van der Waals surface area contributed by atoms with Crippen molar-refractivity contribution in [2.45, 2.75) is 19.4 Å². The summed E-state index contributed by atoms with van der Waals surface area (Å²) >= 11 is 0. The van der Waals surface area contributed by atoms with E-state index in [0.29, 0.717) is 6.54 Å². The number of anilines is 1. The third-order valence-corrected chi connectivity index (χ3v) is 4.26. The summed E-state index contributed by atoms with van der Waals surface area (Å²) in [5, 5.41) is 2.93. The van der Waals surface area contributed by atoms with Crippen molar-refractivity contribution < 1.29 is 13.9 Å². The van der Waals surface area contributed by atoms with Gasteiger partial charge in [-0.05, 0) is 42.7 Å². The molecule has 0 fully saturated rings. The number of ether oxygens (including phenoxy) is 1. The van der Waals surface area contributed by atoms with Crippen LogP contribution in [0.4, 0.5) is 10.1 Å². The van der Waals surface area contributed by atoms with Gasteiger partial charge in [0.05, 0.1) is 13.7 Å². The van der Waals surface area contributed by atoms with Gasteiger partial charge in [0.25, 0.3) is 0 Å². The van der Waals surface area contributed by atoms with Crippen LogP contribution in [0.15, 0.2) is 42.5 Å². The second kappa shape index (κ2) is 7.34. The number of rotatable bonds is 5. The van der Waals surface area contributed by atoms with Gasteiger partial charge >= 0.3 is 0 Å². The number of fused-ring (bicyclic) bond motifs is 1. The maximum absolute atomic E-state index is 13.4. The van der Waals surface area contributed by atoms with Crippen molar-refractivity contribution in [1.82, 2.24) is 5.32 Å². The summed E-state index contributed by atoms with van der Waals surface area (Å²) in [7, 11) is 1.62. The fourth-order valence-electron chi connectivity index (χ4n) is 3.08. The lowest BCUT2D eigenvalue weighted by Gasteiger charge is -2.30. The Kier molecular flexibility index (Phi) is 4.99. The van der Waals surface area contributed by atoms with Crippen LogP contribution < -0.4 is 15.0 Å². The first-order valence-corrected chi connectivity index (χ1v) is 8.09. The Balaban J connectivity index is 1.62. The number of benzene rings is 2. The highest BCUT2D eigenvalue weighted by Gasteiger charge is 2.19. The van der Waals surface area contributed by atoms with Gasteiger partial charge in [-0.15, -0.1) is 0 Å². The van der Waals surface area contributed by atoms with Crippen LogP contribution in [0.2, 0.25) is 0 Å². The quantitative estimate of drug-likeness (QED) is 0.918. The Bertz CT molecular complexity index is 733. The predicted octanol–water partition coefficient (Wildman–Crippen LogP) is 2.90. The van der Waals surface area contributed by atoms with Gasteiger partial charge in [0.15, 0.2) is 0 Å². The van der Waals surface area contributed by atoms with Crippen molar-refractivity contribution in [3.05, 3.63) is 59.4 Å². The minimum absolute atomic E-state index is 0.0573. The number of halogens is 1. The molecule has 1 aliphatic heterocycles. The number of hydrogen-bond acceptors (Lipinski definition) is 3. The van der Waals surface area contributed by atoms with E-state index in [1.165, 1.54) is 6.07 Å². The van der Waals surface area contributed by atoms with Crippen LogP contribution in [0.3, 0.4) is 0 Å². The molecule has 3 rings (SSSR count). The molecule has 126 valence electrons. The summed E-state index contributed by atoms with van der Waals surface area (Å²) < 4.78 is 18.6. The lowest BCUT2D eigenvalue weighted by Crippen LogP contribution is -2.39. The maximum atomic E-state index is 13.4. The molecule has 0 saturated carbocycles. The van der Waals surface area contributed by atoms with Gasteiger partial charge in [0, 0.05) is 24.3 Å². The number of methoxy groups -OCH3 is 1. The molecule has 0 saturated heterocycles. The van der Waals surface area contributed by atoms with Crippen molar-refractivity contribution in [2.75, 3.05) is 25.1 Å². The fourth-order valence-corrected chi connectivity index (χ4v) is 3.08. The third-order valence-electron chi connectivity index (χ3n) is 4.26. The number of nitrogens with zero attached hydrogens (tertiary/aromatic N) is 1. The first kappa shape index (κ1) is 16.3. The van der Waals surface area contributed by atoms with Crippen LogP contribution in [0, 0.1) is 5.82 Å². The standard InChI is InChI=1S/C19H21FN2O2/c1-24-18-7-3-2-5-15(18)12-21-19(23)13-22-10-4-6-14-11-16(20)8-9-17(14)22/h2-3,5,7-9,11H,4,6,10,12-13H2,1H3,(H,21,23). The summed E-state index contributed by atoms with van der Waals surface area (Å²) in [5.41, 5.74) is 2.86. The van der Waals surface area contributed by atoms with E-state index in [1.54, 1.807) is 19.2 Å². The molecule has 1 amide bonds. The maximum Gasteiger partial charge on any atom is 0.239 e. The topological polar surface area (TPSA) is 41.6 Å². The molecule has 24 heavy (non-hydrogen) atoms. The van der Waals surface area contributed by atoms with Gasteiger partial charge in [0.2, 0.25) is 5.91 Å². The summed E-state index contributed by atoms with van der Waals surface area (Å²) in [6.45, 7) is 1.50. The summed E-state index contributed by atoms with van der Waals surface area (Å²) in [6.07, 6.45) is 1.78. The van der Waals surface area contributed by atoms with Gasteiger partial charge in [-0.25, -0.2) is 4.39 Å². The zero-order chi connectivity index (χ0) is 16.9. The van der Waals surface area contributed by atoms with Crippen molar-refractivity contribution in [3.63, 3.8) is 0 Å². The Morgan fingerprint density at radius 1 is 1.29 bits per heavy atom. The Labute approximate surface area is 141 Å². The average molecular weight is 328 g/mol. The molecule has 0 spiro atoms. The summed E-state index contributed by atoms with van der Waals surface area (Å²) in [4.78, 5) is 14.3. The second-order valence-electron chi connectivity index (χ2n) is 5.89. The molecular weight excluding hydrogens is 307 g/mol. The smallest absolute Gasteiger partial charge is 0.239 e. The van der Waals surface area contributed by atoms with E-state index in [-0.39, 0.29) is 18.3 Å². The van der Waals surface area contributed by atoms with E-state index < -0.39 is 0 Å². The van der Waals surface area contributed by atoms with Crippen LogP contribution in [0.25, 0.3) is 0 Å². The van der Waals surface area contributed by atoms with E-state index in [1.807, 2.05) is 29.2 Å². The molecule has 2 aromatic carbocycles. The molecule has 0 aromatic heterocycles. The zero-order valence-electron chi connectivity index (χ0n) is 13.7. The Morgan fingerprint density at radius 3 is 2.96 bits per heavy atom. The van der Waals surface area contributed by atoms with E-state index >= 15 is 0 Å². The number of hydrogen-bond donors (Lipinski definition) is 1. The first-order chi connectivity index (χ1) is 11.7. The highest BCUT2D eigenvalue weighted by molar-refractivity contribution is 5.82. The van der Waals surface area contributed by atoms with E-state index in [4.69, 9.17) is 4.74 Å². The number of para-hydroxylation sites is 1. The van der Waals surface area contributed by atoms with Gasteiger partial charge in [-0.2, -0.15) is 0 Å². The minimum Gasteiger partial charge on any atom is -0.496 e. The highest BCUT2D eigenvalue weighted by atomic mass is 19.1. The molecule has 2 aromatic rings. The molecule has 0 radical (unpaired) electrons. The highest BCUT2D eigenvalue weighted by Crippen LogP contribution is 2.27. The van der Waals surface area contributed by atoms with E-state index in [2.05, 4.69) is 5.32 Å². The van der Waals surface area contributed by atoms with Gasteiger partial charge in [0.1, 0.15) is 11.6 Å². The van der Waals surface area contributed by atoms with Crippen LogP contribution in [-0.2, 0) is 17.8 Å². The van der Waals surface area contributed by atoms with E-state index in [9.17, 15) is 9.18 Å². The summed E-state index contributed by atoms with van der Waals surface area (Å²) in [5.74, 6) is 0.478. The molecule has 0 bridgehead atoms. The van der Waals surface area contributed by atoms with Crippen LogP contribution in [0.1, 0.15) is 17.5 Å². The number of carbonyl (C=O) groups is 1. The Hall–Kier alpha value is -2.56. The molecule has 1 heterocycles. The number of aryl methyl sites for hydroxylation is 1. The van der Waals surface area contributed by atoms with Crippen molar-refractivity contribution in [1.29, 1.82) is 0 Å². The molecule has 0 atom stereocenters.